The maximum absolute atomic E-state index is 2.46. The molecule has 0 spiro atoms. The second-order valence-electron chi connectivity index (χ2n) is 11.8. The van der Waals surface area contributed by atoms with Gasteiger partial charge in [-0.2, -0.15) is 0 Å². The van der Waals surface area contributed by atoms with E-state index in [1.165, 1.54) is 130 Å². The van der Waals surface area contributed by atoms with Crippen LogP contribution in [0.25, 0.3) is 0 Å². The van der Waals surface area contributed by atoms with Crippen LogP contribution in [0.1, 0.15) is 25.7 Å². The van der Waals surface area contributed by atoms with Crippen molar-refractivity contribution >= 4 is 0 Å². The molecule has 2 aliphatic rings. The zero-order valence-corrected chi connectivity index (χ0v) is 29.5. The van der Waals surface area contributed by atoms with Gasteiger partial charge in [-0.25, -0.2) is 0 Å². The first-order valence-electron chi connectivity index (χ1n) is 14.6. The largest absolute Gasteiger partial charge is 2.00 e. The molecule has 0 atom stereocenters. The molecular formula is C28H64Cl2MnN8. The third-order valence-corrected chi connectivity index (χ3v) is 7.77. The smallest absolute Gasteiger partial charge is 1.00 e. The third-order valence-electron chi connectivity index (χ3n) is 7.77. The van der Waals surface area contributed by atoms with E-state index in [9.17, 15) is 0 Å². The molecule has 0 unspecified atom stereocenters. The summed E-state index contributed by atoms with van der Waals surface area (Å²) in [4.78, 5) is 19.7. The molecule has 0 N–H and O–H groups in total. The topological polar surface area (TPSA) is 25.9 Å². The molecular weight excluding hydrogens is 574 g/mol. The predicted octanol–water partition coefficient (Wildman–Crippen LogP) is -4.98. The summed E-state index contributed by atoms with van der Waals surface area (Å²) in [6, 6.07) is 0. The first kappa shape index (κ1) is 44.2. The minimum Gasteiger partial charge on any atom is -1.00 e. The first-order valence-corrected chi connectivity index (χ1v) is 14.6. The van der Waals surface area contributed by atoms with E-state index in [-0.39, 0.29) is 41.9 Å². The Kier molecular flexibility index (Phi) is 31.3. The Labute approximate surface area is 267 Å². The summed E-state index contributed by atoms with van der Waals surface area (Å²) in [6.45, 7) is 19.3. The molecule has 11 heteroatoms. The average Bonchev–Trinajstić information content (AvgIpc) is 2.83. The number of nitrogens with zero attached hydrogens (tertiary/aromatic N) is 8. The molecule has 0 aliphatic carbocycles. The van der Waals surface area contributed by atoms with Crippen LogP contribution in [0, 0.1) is 0 Å². The van der Waals surface area contributed by atoms with Crippen molar-refractivity contribution < 1.29 is 41.9 Å². The van der Waals surface area contributed by atoms with Gasteiger partial charge in [-0.05, 0) is 134 Å². The van der Waals surface area contributed by atoms with Crippen molar-refractivity contribution in [3.05, 3.63) is 0 Å². The fourth-order valence-corrected chi connectivity index (χ4v) is 4.70. The Balaban J connectivity index is -0.000000617. The molecule has 39 heavy (non-hydrogen) atoms. The van der Waals surface area contributed by atoms with Crippen molar-refractivity contribution in [1.82, 2.24) is 39.2 Å². The van der Waals surface area contributed by atoms with Gasteiger partial charge in [0.25, 0.3) is 0 Å². The summed E-state index contributed by atoms with van der Waals surface area (Å²) in [5.41, 5.74) is 0. The van der Waals surface area contributed by atoms with Gasteiger partial charge in [0.1, 0.15) is 0 Å². The summed E-state index contributed by atoms with van der Waals surface area (Å²) in [6.07, 6.45) is 5.11. The monoisotopic (exact) mass is 637 g/mol. The minimum atomic E-state index is 0. The van der Waals surface area contributed by atoms with E-state index in [2.05, 4.69) is 95.6 Å². The van der Waals surface area contributed by atoms with E-state index in [4.69, 9.17) is 0 Å². The number of hydrogen-bond acceptors (Lipinski definition) is 8. The molecule has 2 aliphatic heterocycles. The van der Waals surface area contributed by atoms with E-state index in [1.54, 1.807) is 0 Å². The fourth-order valence-electron chi connectivity index (χ4n) is 4.70. The summed E-state index contributed by atoms with van der Waals surface area (Å²) in [7, 11) is 17.9. The van der Waals surface area contributed by atoms with Crippen molar-refractivity contribution in [3.63, 3.8) is 0 Å². The quantitative estimate of drug-likeness (QED) is 0.244. The summed E-state index contributed by atoms with van der Waals surface area (Å²) < 4.78 is 0. The van der Waals surface area contributed by atoms with Crippen LogP contribution in [0.2, 0.25) is 0 Å². The van der Waals surface area contributed by atoms with Gasteiger partial charge < -0.3 is 64.0 Å². The van der Waals surface area contributed by atoms with Crippen molar-refractivity contribution in [3.8, 4) is 0 Å². The van der Waals surface area contributed by atoms with Crippen LogP contribution in [-0.4, -0.2) is 200 Å². The fraction of sp³-hybridized carbons (Fsp3) is 1.00. The minimum absolute atomic E-state index is 0. The van der Waals surface area contributed by atoms with Crippen LogP contribution >= 0.6 is 0 Å². The number of halogens is 2. The number of hydrogen-bond donors (Lipinski definition) is 0. The van der Waals surface area contributed by atoms with Crippen LogP contribution in [-0.2, 0) is 17.1 Å². The van der Waals surface area contributed by atoms with Crippen molar-refractivity contribution in [2.24, 2.45) is 0 Å². The van der Waals surface area contributed by atoms with Crippen LogP contribution < -0.4 is 24.8 Å². The van der Waals surface area contributed by atoms with Gasteiger partial charge in [0.2, 0.25) is 0 Å². The van der Waals surface area contributed by atoms with Gasteiger partial charge in [0, 0.05) is 52.4 Å². The molecule has 2 fully saturated rings. The van der Waals surface area contributed by atoms with E-state index in [1.807, 2.05) is 0 Å². The normalized spacial score (nSPS) is 24.0. The third kappa shape index (κ3) is 26.2. The Hall–Kier alpha value is 0.779. The maximum Gasteiger partial charge on any atom is 2.00 e. The van der Waals surface area contributed by atoms with E-state index < -0.39 is 0 Å². The summed E-state index contributed by atoms with van der Waals surface area (Å²) in [5, 5.41) is 0. The number of likely N-dealkylation sites (N-methyl/N-ethyl adjacent to an activating group) is 8. The molecule has 0 aromatic rings. The molecule has 8 nitrogen and oxygen atoms in total. The average molecular weight is 639 g/mol. The van der Waals surface area contributed by atoms with Gasteiger partial charge in [-0.1, -0.05) is 0 Å². The van der Waals surface area contributed by atoms with E-state index in [0.29, 0.717) is 0 Å². The molecule has 0 aromatic carbocycles. The Morgan fingerprint density at radius 3 is 0.436 bits per heavy atom. The Bertz CT molecular complexity index is 398. The molecule has 2 heterocycles. The van der Waals surface area contributed by atoms with Crippen molar-refractivity contribution in [1.29, 1.82) is 0 Å². The van der Waals surface area contributed by atoms with Crippen LogP contribution in [0.3, 0.4) is 0 Å². The molecule has 0 amide bonds. The molecule has 0 bridgehead atoms. The van der Waals surface area contributed by atoms with Crippen LogP contribution in [0.4, 0.5) is 0 Å². The van der Waals surface area contributed by atoms with E-state index >= 15 is 0 Å². The van der Waals surface area contributed by atoms with Gasteiger partial charge in [0.05, 0.1) is 0 Å². The molecule has 2 rings (SSSR count). The standard InChI is InChI=1S/2C14H32N4.2ClH.Mn/c2*1-15-7-5-8-17(3)13-14-18(4)10-6-9-16(2)12-11-15;;;/h2*5-14H2,1-4H3;2*1H;/q;;;;+2/p-2. The molecule has 1 radical (unpaired) electrons. The van der Waals surface area contributed by atoms with Gasteiger partial charge in [-0.3, -0.25) is 0 Å². The molecule has 0 aromatic heterocycles. The second-order valence-corrected chi connectivity index (χ2v) is 11.8. The maximum atomic E-state index is 2.46. The molecule has 237 valence electrons. The first-order chi connectivity index (χ1) is 17.2. The zero-order chi connectivity index (χ0) is 26.8. The second kappa shape index (κ2) is 27.6. The van der Waals surface area contributed by atoms with Gasteiger partial charge >= 0.3 is 17.1 Å². The van der Waals surface area contributed by atoms with Crippen LogP contribution in [0.5, 0.6) is 0 Å². The Morgan fingerprint density at radius 2 is 0.333 bits per heavy atom. The number of rotatable bonds is 0. The van der Waals surface area contributed by atoms with Gasteiger partial charge in [0.15, 0.2) is 0 Å². The molecule has 2 saturated heterocycles. The zero-order valence-electron chi connectivity index (χ0n) is 26.9. The van der Waals surface area contributed by atoms with Crippen LogP contribution in [0.15, 0.2) is 0 Å². The predicted molar refractivity (Wildman–Crippen MR) is 158 cm³/mol. The Morgan fingerprint density at radius 1 is 0.231 bits per heavy atom. The van der Waals surface area contributed by atoms with Crippen molar-refractivity contribution in [2.75, 3.05) is 161 Å². The SMILES string of the molecule is CN1CCCN(C)CCN(C)CCCN(C)CC1.CN1CCCN(C)CCN(C)CCCN(C)CC1.[Cl-].[Cl-].[Mn+2]. The summed E-state index contributed by atoms with van der Waals surface area (Å²) in [5.74, 6) is 0. The van der Waals surface area contributed by atoms with Crippen molar-refractivity contribution in [2.45, 2.75) is 25.7 Å². The molecule has 0 saturated carbocycles. The van der Waals surface area contributed by atoms with E-state index in [0.717, 1.165) is 0 Å². The van der Waals surface area contributed by atoms with Gasteiger partial charge in [-0.15, -0.1) is 0 Å². The summed E-state index contributed by atoms with van der Waals surface area (Å²) >= 11 is 0.